The first-order chi connectivity index (χ1) is 12.1. The predicted octanol–water partition coefficient (Wildman–Crippen LogP) is 3.04. The second-order valence-corrected chi connectivity index (χ2v) is 7.31. The lowest BCUT2D eigenvalue weighted by molar-refractivity contribution is -0.140. The largest absolute Gasteiger partial charge is 0.480 e. The Morgan fingerprint density at radius 2 is 2.12 bits per heavy atom. The molecule has 7 heteroatoms. The second-order valence-electron chi connectivity index (χ2n) is 6.23. The number of nitrogens with zero attached hydrogens (tertiary/aromatic N) is 3. The first-order valence-electron chi connectivity index (χ1n) is 8.29. The highest BCUT2D eigenvalue weighted by Gasteiger charge is 2.26. The Hall–Kier alpha value is -2.54. The van der Waals surface area contributed by atoms with E-state index >= 15 is 0 Å². The summed E-state index contributed by atoms with van der Waals surface area (Å²) in [5.41, 5.74) is 1.28. The first-order valence-corrected chi connectivity index (χ1v) is 9.10. The van der Waals surface area contributed by atoms with Crippen LogP contribution < -0.4 is 5.56 Å². The highest BCUT2D eigenvalue weighted by Crippen LogP contribution is 2.35. The van der Waals surface area contributed by atoms with Gasteiger partial charge in [0.25, 0.3) is 5.56 Å². The number of aliphatic carboxylic acids is 1. The summed E-state index contributed by atoms with van der Waals surface area (Å²) >= 11 is 1.55. The van der Waals surface area contributed by atoms with E-state index in [1.54, 1.807) is 35.7 Å². The lowest BCUT2D eigenvalue weighted by Gasteiger charge is -2.16. The average molecular weight is 355 g/mol. The van der Waals surface area contributed by atoms with Crippen LogP contribution in [-0.2, 0) is 17.6 Å². The number of carboxylic acids is 1. The molecular formula is C18H17N3O3S. The maximum atomic E-state index is 13.2. The standard InChI is InChI=1S/C18H17N3O3S/c1-10(18(23)24)21-15(12-7-4-5-9-19-12)20-16-14(17(21)22)11-6-2-3-8-13(11)25-16/h4-5,7,9-10H,2-3,6,8H2,1H3,(H,23,24). The summed E-state index contributed by atoms with van der Waals surface area (Å²) in [5, 5.41) is 10.1. The van der Waals surface area contributed by atoms with Crippen LogP contribution in [0.25, 0.3) is 21.7 Å². The van der Waals surface area contributed by atoms with Crippen molar-refractivity contribution in [1.29, 1.82) is 0 Å². The molecule has 0 saturated heterocycles. The van der Waals surface area contributed by atoms with Crippen molar-refractivity contribution in [3.8, 4) is 11.5 Å². The Labute approximate surface area is 147 Å². The predicted molar refractivity (Wildman–Crippen MR) is 96.1 cm³/mol. The van der Waals surface area contributed by atoms with Gasteiger partial charge in [0, 0.05) is 11.1 Å². The zero-order chi connectivity index (χ0) is 17.6. The summed E-state index contributed by atoms with van der Waals surface area (Å²) in [4.78, 5) is 35.7. The number of rotatable bonds is 3. The summed E-state index contributed by atoms with van der Waals surface area (Å²) < 4.78 is 1.27. The molecule has 1 unspecified atom stereocenters. The Kier molecular flexibility index (Phi) is 3.88. The number of pyridine rings is 1. The van der Waals surface area contributed by atoms with Gasteiger partial charge < -0.3 is 5.11 Å². The molecule has 1 aliphatic rings. The van der Waals surface area contributed by atoms with E-state index in [2.05, 4.69) is 9.97 Å². The Balaban J connectivity index is 2.08. The van der Waals surface area contributed by atoms with Crippen molar-refractivity contribution < 1.29 is 9.90 Å². The third-order valence-electron chi connectivity index (χ3n) is 4.66. The van der Waals surface area contributed by atoms with E-state index < -0.39 is 12.0 Å². The minimum atomic E-state index is -1.07. The van der Waals surface area contributed by atoms with Crippen LogP contribution in [0.1, 0.15) is 36.2 Å². The molecule has 0 aliphatic heterocycles. The average Bonchev–Trinajstić information content (AvgIpc) is 3.00. The molecule has 0 saturated carbocycles. The smallest absolute Gasteiger partial charge is 0.326 e. The monoisotopic (exact) mass is 355 g/mol. The maximum absolute atomic E-state index is 13.2. The minimum absolute atomic E-state index is 0.278. The molecule has 4 rings (SSSR count). The molecule has 1 atom stereocenters. The highest BCUT2D eigenvalue weighted by atomic mass is 32.1. The molecule has 0 fully saturated rings. The molecule has 3 aromatic rings. The van der Waals surface area contributed by atoms with Crippen LogP contribution in [0.5, 0.6) is 0 Å². The molecule has 3 heterocycles. The molecule has 3 aromatic heterocycles. The van der Waals surface area contributed by atoms with Crippen LogP contribution in [0.2, 0.25) is 0 Å². The lowest BCUT2D eigenvalue weighted by Crippen LogP contribution is -2.30. The van der Waals surface area contributed by atoms with Crippen molar-refractivity contribution >= 4 is 27.5 Å². The Morgan fingerprint density at radius 1 is 1.32 bits per heavy atom. The van der Waals surface area contributed by atoms with Crippen LogP contribution in [0.4, 0.5) is 0 Å². The number of aryl methyl sites for hydroxylation is 2. The Morgan fingerprint density at radius 3 is 2.84 bits per heavy atom. The number of fused-ring (bicyclic) bond motifs is 3. The van der Waals surface area contributed by atoms with Gasteiger partial charge in [-0.25, -0.2) is 9.78 Å². The molecule has 0 bridgehead atoms. The van der Waals surface area contributed by atoms with Gasteiger partial charge in [0.1, 0.15) is 16.6 Å². The molecule has 6 nitrogen and oxygen atoms in total. The Bertz CT molecular complexity index is 1020. The molecule has 1 N–H and O–H groups in total. The van der Waals surface area contributed by atoms with Crippen molar-refractivity contribution in [2.45, 2.75) is 38.6 Å². The van der Waals surface area contributed by atoms with Gasteiger partial charge in [0.15, 0.2) is 5.82 Å². The number of aromatic nitrogens is 3. The topological polar surface area (TPSA) is 85.1 Å². The molecule has 0 aromatic carbocycles. The van der Waals surface area contributed by atoms with E-state index in [0.29, 0.717) is 21.7 Å². The summed E-state index contributed by atoms with van der Waals surface area (Å²) in [6, 6.07) is 4.30. The van der Waals surface area contributed by atoms with Gasteiger partial charge in [0.05, 0.1) is 5.39 Å². The summed E-state index contributed by atoms with van der Waals surface area (Å²) in [5.74, 6) is -0.754. The quantitative estimate of drug-likeness (QED) is 0.780. The van der Waals surface area contributed by atoms with E-state index in [-0.39, 0.29) is 5.56 Å². The van der Waals surface area contributed by atoms with Crippen molar-refractivity contribution in [1.82, 2.24) is 14.5 Å². The zero-order valence-corrected chi connectivity index (χ0v) is 14.5. The SMILES string of the molecule is CC(C(=O)O)n1c(-c2ccccn2)nc2sc3c(c2c1=O)CCCC3. The van der Waals surface area contributed by atoms with Crippen LogP contribution in [0, 0.1) is 0 Å². The van der Waals surface area contributed by atoms with Crippen LogP contribution in [-0.4, -0.2) is 25.6 Å². The van der Waals surface area contributed by atoms with Gasteiger partial charge in [-0.2, -0.15) is 0 Å². The summed E-state index contributed by atoms with van der Waals surface area (Å²) in [6.07, 6.45) is 5.60. The van der Waals surface area contributed by atoms with Crippen molar-refractivity contribution in [2.75, 3.05) is 0 Å². The van der Waals surface area contributed by atoms with Crippen molar-refractivity contribution in [3.63, 3.8) is 0 Å². The van der Waals surface area contributed by atoms with Crippen molar-refractivity contribution in [3.05, 3.63) is 45.2 Å². The molecule has 0 radical (unpaired) electrons. The van der Waals surface area contributed by atoms with E-state index in [0.717, 1.165) is 31.2 Å². The molecule has 128 valence electrons. The number of carbonyl (C=O) groups is 1. The van der Waals surface area contributed by atoms with Gasteiger partial charge >= 0.3 is 5.97 Å². The number of carboxylic acid groups (broad SMARTS) is 1. The summed E-state index contributed by atoms with van der Waals surface area (Å²) in [7, 11) is 0. The molecule has 25 heavy (non-hydrogen) atoms. The first kappa shape index (κ1) is 16.0. The normalized spacial score (nSPS) is 15.1. The fraction of sp³-hybridized carbons (Fsp3) is 0.333. The molecular weight excluding hydrogens is 338 g/mol. The minimum Gasteiger partial charge on any atom is -0.480 e. The third-order valence-corrected chi connectivity index (χ3v) is 5.85. The fourth-order valence-corrected chi connectivity index (χ4v) is 4.61. The third kappa shape index (κ3) is 2.55. The second kappa shape index (κ2) is 6.07. The fourth-order valence-electron chi connectivity index (χ4n) is 3.36. The zero-order valence-electron chi connectivity index (χ0n) is 13.7. The van der Waals surface area contributed by atoms with Gasteiger partial charge in [-0.3, -0.25) is 14.3 Å². The van der Waals surface area contributed by atoms with Crippen molar-refractivity contribution in [2.24, 2.45) is 0 Å². The lowest BCUT2D eigenvalue weighted by atomic mass is 9.97. The van der Waals surface area contributed by atoms with E-state index in [1.807, 2.05) is 0 Å². The number of thiophene rings is 1. The number of hydrogen-bond donors (Lipinski definition) is 1. The summed E-state index contributed by atoms with van der Waals surface area (Å²) in [6.45, 7) is 1.50. The van der Waals surface area contributed by atoms with E-state index in [1.165, 1.54) is 16.4 Å². The van der Waals surface area contributed by atoms with Gasteiger partial charge in [-0.1, -0.05) is 6.07 Å². The molecule has 1 aliphatic carbocycles. The maximum Gasteiger partial charge on any atom is 0.326 e. The molecule has 0 spiro atoms. The van der Waals surface area contributed by atoms with E-state index in [9.17, 15) is 14.7 Å². The van der Waals surface area contributed by atoms with Gasteiger partial charge in [-0.05, 0) is 50.3 Å². The molecule has 0 amide bonds. The highest BCUT2D eigenvalue weighted by molar-refractivity contribution is 7.18. The van der Waals surface area contributed by atoms with Crippen LogP contribution in [0.15, 0.2) is 29.2 Å². The van der Waals surface area contributed by atoms with Crippen LogP contribution in [0.3, 0.4) is 0 Å². The van der Waals surface area contributed by atoms with Crippen LogP contribution >= 0.6 is 11.3 Å². The number of hydrogen-bond acceptors (Lipinski definition) is 5. The van der Waals surface area contributed by atoms with Gasteiger partial charge in [0.2, 0.25) is 0 Å². The van der Waals surface area contributed by atoms with Gasteiger partial charge in [-0.15, -0.1) is 11.3 Å². The van der Waals surface area contributed by atoms with E-state index in [4.69, 9.17) is 0 Å².